The van der Waals surface area contributed by atoms with Crippen LogP contribution in [0.4, 0.5) is 0 Å². The van der Waals surface area contributed by atoms with Gasteiger partial charge in [0.2, 0.25) is 0 Å². The lowest BCUT2D eigenvalue weighted by molar-refractivity contribution is -0.0158. The van der Waals surface area contributed by atoms with Crippen molar-refractivity contribution in [3.8, 4) is 5.75 Å². The highest BCUT2D eigenvalue weighted by atomic mass is 35.5. The highest BCUT2D eigenvalue weighted by Gasteiger charge is 2.33. The van der Waals surface area contributed by atoms with E-state index in [9.17, 15) is 5.11 Å². The van der Waals surface area contributed by atoms with Gasteiger partial charge in [0.1, 0.15) is 18.0 Å². The summed E-state index contributed by atoms with van der Waals surface area (Å²) in [7, 11) is 0. The van der Waals surface area contributed by atoms with E-state index in [1.54, 1.807) is 6.07 Å². The highest BCUT2D eigenvalue weighted by Crippen LogP contribution is 2.26. The topological polar surface area (TPSA) is 41.5 Å². The van der Waals surface area contributed by atoms with Gasteiger partial charge < -0.3 is 15.2 Å². The smallest absolute Gasteiger partial charge is 0.126 e. The molecule has 0 heterocycles. The molecule has 0 aliphatic heterocycles. The van der Waals surface area contributed by atoms with Crippen LogP contribution in [-0.4, -0.2) is 29.9 Å². The largest absolute Gasteiger partial charge is 0.488 e. The Morgan fingerprint density at radius 2 is 2.20 bits per heavy atom. The number of halogens is 1. The van der Waals surface area contributed by atoms with Crippen molar-refractivity contribution >= 4 is 11.6 Å². The minimum atomic E-state index is -0.471. The van der Waals surface area contributed by atoms with Crippen molar-refractivity contribution < 1.29 is 9.84 Å². The third-order valence-electron chi connectivity index (χ3n) is 3.67. The number of nitrogens with one attached hydrogen (secondary N) is 1. The summed E-state index contributed by atoms with van der Waals surface area (Å²) >= 11 is 5.96. The fourth-order valence-electron chi connectivity index (χ4n) is 2.59. The van der Waals surface area contributed by atoms with Crippen LogP contribution in [-0.2, 0) is 0 Å². The van der Waals surface area contributed by atoms with E-state index in [0.29, 0.717) is 10.9 Å². The molecule has 0 saturated heterocycles. The van der Waals surface area contributed by atoms with Gasteiger partial charge in [-0.1, -0.05) is 31.5 Å². The van der Waals surface area contributed by atoms with E-state index in [0.717, 1.165) is 31.6 Å². The van der Waals surface area contributed by atoms with Crippen molar-refractivity contribution in [1.29, 1.82) is 0 Å². The third kappa shape index (κ3) is 4.37. The lowest BCUT2D eigenvalue weighted by atomic mass is 9.89. The lowest BCUT2D eigenvalue weighted by Crippen LogP contribution is -2.51. The lowest BCUT2D eigenvalue weighted by Gasteiger charge is -2.35. The van der Waals surface area contributed by atoms with Crippen molar-refractivity contribution in [2.75, 3.05) is 6.54 Å². The first-order valence-electron chi connectivity index (χ1n) is 7.40. The predicted octanol–water partition coefficient (Wildman–Crippen LogP) is 3.25. The number of benzene rings is 1. The maximum atomic E-state index is 10.5. The van der Waals surface area contributed by atoms with Crippen LogP contribution in [0.25, 0.3) is 0 Å². The molecule has 3 atom stereocenters. The molecule has 1 saturated carbocycles. The van der Waals surface area contributed by atoms with Crippen LogP contribution in [0.1, 0.15) is 33.1 Å². The van der Waals surface area contributed by atoms with Crippen molar-refractivity contribution in [3.05, 3.63) is 29.3 Å². The molecule has 0 unspecified atom stereocenters. The summed E-state index contributed by atoms with van der Waals surface area (Å²) in [5, 5.41) is 14.5. The van der Waals surface area contributed by atoms with Crippen LogP contribution in [0.5, 0.6) is 5.75 Å². The molecule has 1 aliphatic rings. The van der Waals surface area contributed by atoms with Crippen molar-refractivity contribution in [3.63, 3.8) is 0 Å². The average molecular weight is 298 g/mol. The van der Waals surface area contributed by atoms with Crippen molar-refractivity contribution in [2.24, 2.45) is 5.92 Å². The third-order valence-corrected chi connectivity index (χ3v) is 3.90. The molecular weight excluding hydrogens is 274 g/mol. The summed E-state index contributed by atoms with van der Waals surface area (Å²) in [5.41, 5.74) is 0. The molecule has 0 radical (unpaired) electrons. The van der Waals surface area contributed by atoms with Gasteiger partial charge in [-0.25, -0.2) is 0 Å². The molecule has 2 N–H and O–H groups in total. The van der Waals surface area contributed by atoms with E-state index >= 15 is 0 Å². The van der Waals surface area contributed by atoms with Gasteiger partial charge in [0.15, 0.2) is 0 Å². The molecule has 1 fully saturated rings. The second-order valence-electron chi connectivity index (χ2n) is 5.94. The van der Waals surface area contributed by atoms with E-state index in [1.165, 1.54) is 0 Å². The molecule has 1 aliphatic carbocycles. The molecular formula is C16H24ClNO2. The van der Waals surface area contributed by atoms with Crippen LogP contribution < -0.4 is 10.1 Å². The number of aliphatic hydroxyl groups excluding tert-OH is 1. The normalized spacial score (nSPS) is 26.8. The van der Waals surface area contributed by atoms with Gasteiger partial charge in [0.25, 0.3) is 0 Å². The maximum absolute atomic E-state index is 10.5. The summed E-state index contributed by atoms with van der Waals surface area (Å²) in [6, 6.07) is 7.47. The molecule has 20 heavy (non-hydrogen) atoms. The summed E-state index contributed by atoms with van der Waals surface area (Å²) in [6.45, 7) is 5.26. The fourth-order valence-corrected chi connectivity index (χ4v) is 2.77. The molecule has 1 aromatic carbocycles. The molecule has 1 aromatic rings. The van der Waals surface area contributed by atoms with Crippen LogP contribution in [0.3, 0.4) is 0 Å². The van der Waals surface area contributed by atoms with Gasteiger partial charge in [0.05, 0.1) is 0 Å². The van der Waals surface area contributed by atoms with Crippen molar-refractivity contribution in [1.82, 2.24) is 5.32 Å². The fraction of sp³-hybridized carbons (Fsp3) is 0.625. The first-order valence-corrected chi connectivity index (χ1v) is 7.77. The Hall–Kier alpha value is -0.770. The summed E-state index contributed by atoms with van der Waals surface area (Å²) in [4.78, 5) is 0. The first kappa shape index (κ1) is 15.6. The molecule has 0 amide bonds. The summed E-state index contributed by atoms with van der Waals surface area (Å²) in [6.07, 6.45) is 2.32. The van der Waals surface area contributed by atoms with Gasteiger partial charge in [-0.15, -0.1) is 0 Å². The average Bonchev–Trinajstić information content (AvgIpc) is 2.40. The predicted molar refractivity (Wildman–Crippen MR) is 82.4 cm³/mol. The highest BCUT2D eigenvalue weighted by molar-refractivity contribution is 6.30. The van der Waals surface area contributed by atoms with Gasteiger partial charge in [-0.2, -0.15) is 0 Å². The van der Waals surface area contributed by atoms with E-state index in [1.807, 2.05) is 18.2 Å². The van der Waals surface area contributed by atoms with Gasteiger partial charge in [0, 0.05) is 11.1 Å². The standard InChI is InChI=1S/C16H24ClNO2/c1-11(2)10-18-14-7-4-8-15(16(14)19)20-13-6-3-5-12(17)9-13/h3,5-6,9,11,14-16,18-19H,4,7-8,10H2,1-2H3/t14-,15+,16+/m0/s1. The second kappa shape index (κ2) is 7.30. The number of hydrogen-bond donors (Lipinski definition) is 2. The molecule has 4 heteroatoms. The van der Waals surface area contributed by atoms with Crippen LogP contribution in [0.15, 0.2) is 24.3 Å². The number of rotatable bonds is 5. The van der Waals surface area contributed by atoms with Gasteiger partial charge in [-0.3, -0.25) is 0 Å². The number of ether oxygens (including phenoxy) is 1. The van der Waals surface area contributed by atoms with Crippen LogP contribution in [0.2, 0.25) is 5.02 Å². The van der Waals surface area contributed by atoms with E-state index < -0.39 is 6.10 Å². The summed E-state index contributed by atoms with van der Waals surface area (Å²) < 4.78 is 5.91. The first-order chi connectivity index (χ1) is 9.56. The Kier molecular flexibility index (Phi) is 5.70. The Labute approximate surface area is 126 Å². The van der Waals surface area contributed by atoms with E-state index in [2.05, 4.69) is 19.2 Å². The molecule has 3 nitrogen and oxygen atoms in total. The minimum Gasteiger partial charge on any atom is -0.488 e. The van der Waals surface area contributed by atoms with Crippen molar-refractivity contribution in [2.45, 2.75) is 51.4 Å². The van der Waals surface area contributed by atoms with E-state index in [-0.39, 0.29) is 12.1 Å². The van der Waals surface area contributed by atoms with Crippen LogP contribution in [0, 0.1) is 5.92 Å². The molecule has 0 spiro atoms. The number of aliphatic hydroxyl groups is 1. The molecule has 112 valence electrons. The zero-order valence-corrected chi connectivity index (χ0v) is 12.9. The minimum absolute atomic E-state index is 0.121. The SMILES string of the molecule is CC(C)CN[C@H]1CCC[C@@H](Oc2cccc(Cl)c2)[C@@H]1O. The Balaban J connectivity index is 1.94. The molecule has 0 bridgehead atoms. The monoisotopic (exact) mass is 297 g/mol. The quantitative estimate of drug-likeness (QED) is 0.876. The van der Waals surface area contributed by atoms with Gasteiger partial charge >= 0.3 is 0 Å². The second-order valence-corrected chi connectivity index (χ2v) is 6.38. The number of hydrogen-bond acceptors (Lipinski definition) is 3. The zero-order chi connectivity index (χ0) is 14.5. The van der Waals surface area contributed by atoms with Gasteiger partial charge in [-0.05, 0) is 49.9 Å². The Morgan fingerprint density at radius 1 is 1.40 bits per heavy atom. The van der Waals surface area contributed by atoms with Crippen LogP contribution >= 0.6 is 11.6 Å². The molecule has 2 rings (SSSR count). The maximum Gasteiger partial charge on any atom is 0.126 e. The zero-order valence-electron chi connectivity index (χ0n) is 12.2. The summed E-state index contributed by atoms with van der Waals surface area (Å²) in [5.74, 6) is 1.31. The molecule has 0 aromatic heterocycles. The van der Waals surface area contributed by atoms with E-state index in [4.69, 9.17) is 16.3 Å². The Bertz CT molecular complexity index is 425. The Morgan fingerprint density at radius 3 is 2.90 bits per heavy atom.